The third kappa shape index (κ3) is 5.35. The Hall–Kier alpha value is -1.56. The molecule has 1 aromatic carbocycles. The summed E-state index contributed by atoms with van der Waals surface area (Å²) in [6, 6.07) is 5.99. The largest absolute Gasteiger partial charge is 0.493 e. The van der Waals surface area contributed by atoms with Crippen LogP contribution in [0.3, 0.4) is 0 Å². The Kier molecular flexibility index (Phi) is 6.09. The fourth-order valence-electron chi connectivity index (χ4n) is 1.61. The highest BCUT2D eigenvalue weighted by molar-refractivity contribution is 5.36. The molecule has 0 amide bonds. The van der Waals surface area contributed by atoms with E-state index >= 15 is 0 Å². The first-order chi connectivity index (χ1) is 8.26. The Balaban J connectivity index is 2.32. The van der Waals surface area contributed by atoms with E-state index in [0.717, 1.165) is 12.8 Å². The van der Waals surface area contributed by atoms with Crippen LogP contribution in [0.15, 0.2) is 18.2 Å². The van der Waals surface area contributed by atoms with Crippen molar-refractivity contribution >= 4 is 0 Å². The van der Waals surface area contributed by atoms with E-state index in [9.17, 15) is 4.39 Å². The van der Waals surface area contributed by atoms with Gasteiger partial charge in [0, 0.05) is 6.07 Å². The van der Waals surface area contributed by atoms with Crippen LogP contribution in [-0.2, 0) is 0 Å². The van der Waals surface area contributed by atoms with E-state index in [1.54, 1.807) is 6.07 Å². The van der Waals surface area contributed by atoms with Crippen molar-refractivity contribution in [3.05, 3.63) is 29.6 Å². The lowest BCUT2D eigenvalue weighted by Crippen LogP contribution is -1.98. The van der Waals surface area contributed by atoms with Gasteiger partial charge in [0.1, 0.15) is 11.6 Å². The monoisotopic (exact) mass is 235 g/mol. The topological polar surface area (TPSA) is 33.0 Å². The van der Waals surface area contributed by atoms with Gasteiger partial charge in [-0.3, -0.25) is 0 Å². The molecule has 0 saturated carbocycles. The zero-order valence-electron chi connectivity index (χ0n) is 10.2. The minimum atomic E-state index is -0.426. The fraction of sp³-hybridized carbons (Fsp3) is 0.500. The molecule has 3 heteroatoms. The number of halogens is 1. The molecule has 0 radical (unpaired) electrons. The summed E-state index contributed by atoms with van der Waals surface area (Å²) >= 11 is 0. The van der Waals surface area contributed by atoms with E-state index in [2.05, 4.69) is 6.92 Å². The predicted molar refractivity (Wildman–Crippen MR) is 65.4 cm³/mol. The van der Waals surface area contributed by atoms with Crippen LogP contribution in [0.4, 0.5) is 4.39 Å². The summed E-state index contributed by atoms with van der Waals surface area (Å²) in [4.78, 5) is 0. The van der Waals surface area contributed by atoms with Crippen LogP contribution in [-0.4, -0.2) is 6.61 Å². The van der Waals surface area contributed by atoms with Crippen molar-refractivity contribution in [3.8, 4) is 11.8 Å². The first-order valence-corrected chi connectivity index (χ1v) is 6.09. The van der Waals surface area contributed by atoms with Crippen LogP contribution in [0.25, 0.3) is 0 Å². The van der Waals surface area contributed by atoms with E-state index in [4.69, 9.17) is 10.00 Å². The highest BCUT2D eigenvalue weighted by Crippen LogP contribution is 2.16. The van der Waals surface area contributed by atoms with Gasteiger partial charge in [-0.05, 0) is 18.6 Å². The number of benzene rings is 1. The first-order valence-electron chi connectivity index (χ1n) is 6.09. The van der Waals surface area contributed by atoms with Gasteiger partial charge in [0.25, 0.3) is 0 Å². The number of ether oxygens (including phenoxy) is 1. The van der Waals surface area contributed by atoms with Gasteiger partial charge in [-0.25, -0.2) is 4.39 Å². The number of unbranched alkanes of at least 4 members (excludes halogenated alkanes) is 4. The summed E-state index contributed by atoms with van der Waals surface area (Å²) in [5.74, 6) is 0.0158. The molecule has 0 spiro atoms. The third-order valence-corrected chi connectivity index (χ3v) is 2.52. The molecule has 17 heavy (non-hydrogen) atoms. The summed E-state index contributed by atoms with van der Waals surface area (Å²) in [6.07, 6.45) is 5.79. The highest BCUT2D eigenvalue weighted by Gasteiger charge is 2.01. The van der Waals surface area contributed by atoms with E-state index in [1.165, 1.54) is 31.4 Å². The van der Waals surface area contributed by atoms with E-state index in [-0.39, 0.29) is 0 Å². The maximum Gasteiger partial charge on any atom is 0.128 e. The molecular weight excluding hydrogens is 217 g/mol. The van der Waals surface area contributed by atoms with Gasteiger partial charge < -0.3 is 4.74 Å². The fourth-order valence-corrected chi connectivity index (χ4v) is 1.61. The summed E-state index contributed by atoms with van der Waals surface area (Å²) in [6.45, 7) is 2.75. The van der Waals surface area contributed by atoms with E-state index in [1.807, 2.05) is 6.07 Å². The molecule has 2 nitrogen and oxygen atoms in total. The third-order valence-electron chi connectivity index (χ3n) is 2.52. The van der Waals surface area contributed by atoms with Gasteiger partial charge in [-0.2, -0.15) is 5.26 Å². The van der Waals surface area contributed by atoms with Crippen molar-refractivity contribution in [1.29, 1.82) is 5.26 Å². The van der Waals surface area contributed by atoms with Gasteiger partial charge in [-0.1, -0.05) is 32.6 Å². The van der Waals surface area contributed by atoms with Crippen LogP contribution >= 0.6 is 0 Å². The second kappa shape index (κ2) is 7.67. The second-order valence-corrected chi connectivity index (χ2v) is 4.05. The minimum Gasteiger partial charge on any atom is -0.493 e. The summed E-state index contributed by atoms with van der Waals surface area (Å²) in [7, 11) is 0. The molecule has 0 atom stereocenters. The molecule has 1 rings (SSSR count). The maximum atomic E-state index is 13.1. The number of rotatable bonds is 7. The van der Waals surface area contributed by atoms with E-state index < -0.39 is 5.82 Å². The lowest BCUT2D eigenvalue weighted by molar-refractivity contribution is 0.303. The van der Waals surface area contributed by atoms with Crippen molar-refractivity contribution in [2.75, 3.05) is 6.61 Å². The van der Waals surface area contributed by atoms with Crippen molar-refractivity contribution in [3.63, 3.8) is 0 Å². The highest BCUT2D eigenvalue weighted by atomic mass is 19.1. The Morgan fingerprint density at radius 1 is 1.18 bits per heavy atom. The lowest BCUT2D eigenvalue weighted by Gasteiger charge is -2.06. The van der Waals surface area contributed by atoms with Crippen LogP contribution in [0.5, 0.6) is 5.75 Å². The first kappa shape index (κ1) is 13.5. The molecule has 0 unspecified atom stereocenters. The smallest absolute Gasteiger partial charge is 0.128 e. The van der Waals surface area contributed by atoms with Crippen molar-refractivity contribution in [1.82, 2.24) is 0 Å². The Morgan fingerprint density at radius 2 is 1.94 bits per heavy atom. The molecule has 0 aromatic heterocycles. The van der Waals surface area contributed by atoms with Gasteiger partial charge in [-0.15, -0.1) is 0 Å². The van der Waals surface area contributed by atoms with Crippen LogP contribution in [0, 0.1) is 17.1 Å². The number of hydrogen-bond acceptors (Lipinski definition) is 2. The Morgan fingerprint density at radius 3 is 2.65 bits per heavy atom. The molecule has 0 saturated heterocycles. The number of nitriles is 1. The predicted octanol–water partition coefficient (Wildman–Crippen LogP) is 4.05. The molecule has 0 fully saturated rings. The van der Waals surface area contributed by atoms with E-state index in [0.29, 0.717) is 17.9 Å². The molecule has 0 bridgehead atoms. The maximum absolute atomic E-state index is 13.1. The van der Waals surface area contributed by atoms with Crippen LogP contribution in [0.2, 0.25) is 0 Å². The molecule has 0 aliphatic rings. The molecular formula is C14H18FNO. The summed E-state index contributed by atoms with van der Waals surface area (Å²) in [5.41, 5.74) is 0.297. The van der Waals surface area contributed by atoms with Crippen LogP contribution < -0.4 is 4.74 Å². The van der Waals surface area contributed by atoms with Gasteiger partial charge in [0.2, 0.25) is 0 Å². The summed E-state index contributed by atoms with van der Waals surface area (Å²) in [5, 5.41) is 8.68. The number of nitrogens with zero attached hydrogens (tertiary/aromatic N) is 1. The molecule has 0 aliphatic heterocycles. The van der Waals surface area contributed by atoms with Crippen LogP contribution in [0.1, 0.15) is 44.6 Å². The Bertz CT molecular complexity index is 384. The zero-order chi connectivity index (χ0) is 12.5. The molecule has 1 aromatic rings. The average Bonchev–Trinajstić information content (AvgIpc) is 2.33. The quantitative estimate of drug-likeness (QED) is 0.668. The van der Waals surface area contributed by atoms with Crippen molar-refractivity contribution in [2.45, 2.75) is 39.0 Å². The Labute approximate surface area is 102 Å². The standard InChI is InChI=1S/C14H18FNO/c1-2-3-4-5-6-7-17-14-9-12(11-16)8-13(15)10-14/h8-10H,2-7H2,1H3. The van der Waals surface area contributed by atoms with Gasteiger partial charge in [0.15, 0.2) is 0 Å². The zero-order valence-corrected chi connectivity index (χ0v) is 10.2. The minimum absolute atomic E-state index is 0.297. The lowest BCUT2D eigenvalue weighted by atomic mass is 10.2. The van der Waals surface area contributed by atoms with Gasteiger partial charge in [0.05, 0.1) is 18.2 Å². The number of hydrogen-bond donors (Lipinski definition) is 0. The second-order valence-electron chi connectivity index (χ2n) is 4.05. The molecule has 0 heterocycles. The van der Waals surface area contributed by atoms with Gasteiger partial charge >= 0.3 is 0 Å². The normalized spacial score (nSPS) is 9.94. The van der Waals surface area contributed by atoms with Crippen molar-refractivity contribution in [2.24, 2.45) is 0 Å². The SMILES string of the molecule is CCCCCCCOc1cc(F)cc(C#N)c1. The molecule has 0 aliphatic carbocycles. The average molecular weight is 235 g/mol. The molecule has 92 valence electrons. The molecule has 0 N–H and O–H groups in total. The summed E-state index contributed by atoms with van der Waals surface area (Å²) < 4.78 is 18.5. The van der Waals surface area contributed by atoms with Crippen molar-refractivity contribution < 1.29 is 9.13 Å².